The van der Waals surface area contributed by atoms with Crippen LogP contribution in [0.1, 0.15) is 0 Å². The second-order valence-corrected chi connectivity index (χ2v) is 11.2. The van der Waals surface area contributed by atoms with Crippen LogP contribution in [0.2, 0.25) is 0 Å². The summed E-state index contributed by atoms with van der Waals surface area (Å²) in [6.45, 7) is 0. The summed E-state index contributed by atoms with van der Waals surface area (Å²) in [5.41, 5.74) is 5.08. The molecule has 0 heteroatoms. The molecule has 9 rings (SSSR count). The molecule has 0 radical (unpaired) electrons. The molecule has 0 saturated carbocycles. The number of hydrogen-bond donors (Lipinski definition) is 0. The van der Waals surface area contributed by atoms with E-state index in [4.69, 9.17) is 0 Å². The first-order valence-corrected chi connectivity index (χ1v) is 14.6. The van der Waals surface area contributed by atoms with Gasteiger partial charge < -0.3 is 0 Å². The van der Waals surface area contributed by atoms with E-state index >= 15 is 0 Å². The molecule has 0 aromatic heterocycles. The molecule has 0 bridgehead atoms. The minimum Gasteiger partial charge on any atom is -0.0622 e. The van der Waals surface area contributed by atoms with E-state index in [0.29, 0.717) is 0 Å². The monoisotopic (exact) mass is 530 g/mol. The molecule has 0 heterocycles. The van der Waals surface area contributed by atoms with E-state index in [2.05, 4.69) is 158 Å². The highest BCUT2D eigenvalue weighted by Crippen LogP contribution is 2.47. The fourth-order valence-electron chi connectivity index (χ4n) is 7.22. The normalized spacial score (nSPS) is 11.8. The van der Waals surface area contributed by atoms with Crippen molar-refractivity contribution in [2.45, 2.75) is 0 Å². The van der Waals surface area contributed by atoms with E-state index in [9.17, 15) is 0 Å². The summed E-state index contributed by atoms with van der Waals surface area (Å²) < 4.78 is 0. The van der Waals surface area contributed by atoms with Gasteiger partial charge in [-0.25, -0.2) is 0 Å². The fraction of sp³-hybridized carbons (Fsp3) is 0. The Morgan fingerprint density at radius 1 is 0.238 bits per heavy atom. The van der Waals surface area contributed by atoms with Crippen molar-refractivity contribution in [3.63, 3.8) is 0 Å². The van der Waals surface area contributed by atoms with Crippen molar-refractivity contribution in [3.8, 4) is 22.3 Å². The van der Waals surface area contributed by atoms with Gasteiger partial charge in [0.25, 0.3) is 0 Å². The van der Waals surface area contributed by atoms with Crippen LogP contribution in [0.25, 0.3) is 86.9 Å². The van der Waals surface area contributed by atoms with Crippen LogP contribution in [0.3, 0.4) is 0 Å². The summed E-state index contributed by atoms with van der Waals surface area (Å²) in [6, 6.07) is 58.0. The van der Waals surface area contributed by atoms with Gasteiger partial charge in [-0.2, -0.15) is 0 Å². The lowest BCUT2D eigenvalue weighted by Crippen LogP contribution is -1.92. The van der Waals surface area contributed by atoms with Gasteiger partial charge in [0.05, 0.1) is 0 Å². The van der Waals surface area contributed by atoms with Crippen LogP contribution in [0, 0.1) is 0 Å². The molecule has 194 valence electrons. The maximum atomic E-state index is 2.49. The summed E-state index contributed by atoms with van der Waals surface area (Å²) in [4.78, 5) is 0. The summed E-state index contributed by atoms with van der Waals surface area (Å²) in [6.07, 6.45) is 0. The zero-order valence-electron chi connectivity index (χ0n) is 23.0. The number of fused-ring (bicyclic) bond motifs is 10. The minimum atomic E-state index is 1.24. The third-order valence-electron chi connectivity index (χ3n) is 8.99. The van der Waals surface area contributed by atoms with Crippen LogP contribution in [0.5, 0.6) is 0 Å². The van der Waals surface area contributed by atoms with Crippen molar-refractivity contribution in [1.29, 1.82) is 0 Å². The van der Waals surface area contributed by atoms with Crippen LogP contribution in [-0.4, -0.2) is 0 Å². The lowest BCUT2D eigenvalue weighted by Gasteiger charge is -2.20. The average Bonchev–Trinajstić information content (AvgIpc) is 3.07. The second-order valence-electron chi connectivity index (χ2n) is 11.2. The van der Waals surface area contributed by atoms with Gasteiger partial charge in [0.1, 0.15) is 0 Å². The molecule has 0 aliphatic rings. The molecule has 0 aliphatic heterocycles. The van der Waals surface area contributed by atoms with Crippen molar-refractivity contribution < 1.29 is 0 Å². The number of benzene rings is 9. The van der Waals surface area contributed by atoms with Crippen molar-refractivity contribution in [2.75, 3.05) is 0 Å². The highest BCUT2D eigenvalue weighted by atomic mass is 14.2. The zero-order chi connectivity index (χ0) is 27.6. The SMILES string of the molecule is c1ccc(-c2c3ccccc3c(-c3ccccc3)c3cc4c(cc23)c2ccccc2c2ccc3ccccc3c24)cc1. The molecule has 0 fully saturated rings. The molecule has 9 aromatic rings. The molecule has 0 aliphatic carbocycles. The predicted molar refractivity (Wildman–Crippen MR) is 182 cm³/mol. The Bertz CT molecular complexity index is 2480. The molecule has 42 heavy (non-hydrogen) atoms. The first-order valence-electron chi connectivity index (χ1n) is 14.6. The first-order chi connectivity index (χ1) is 20.9. The third-order valence-corrected chi connectivity index (χ3v) is 8.99. The lowest BCUT2D eigenvalue weighted by atomic mass is 9.83. The van der Waals surface area contributed by atoms with Gasteiger partial charge in [0.2, 0.25) is 0 Å². The Morgan fingerprint density at radius 2 is 0.690 bits per heavy atom. The van der Waals surface area contributed by atoms with Crippen molar-refractivity contribution >= 4 is 64.6 Å². The quantitative estimate of drug-likeness (QED) is 0.154. The highest BCUT2D eigenvalue weighted by molar-refractivity contribution is 6.34. The van der Waals surface area contributed by atoms with E-state index < -0.39 is 0 Å². The van der Waals surface area contributed by atoms with Crippen molar-refractivity contribution in [2.24, 2.45) is 0 Å². The predicted octanol–water partition coefficient (Wildman–Crippen LogP) is 11.9. The molecule has 0 nitrogen and oxygen atoms in total. The third kappa shape index (κ3) is 3.30. The summed E-state index contributed by atoms with van der Waals surface area (Å²) in [5, 5.41) is 15.6. The Balaban J connectivity index is 1.61. The van der Waals surface area contributed by atoms with Gasteiger partial charge in [-0.3, -0.25) is 0 Å². The maximum Gasteiger partial charge on any atom is -0.00201 e. The van der Waals surface area contributed by atoms with E-state index in [0.717, 1.165) is 0 Å². The molecular weight excluding hydrogens is 504 g/mol. The maximum absolute atomic E-state index is 2.49. The number of rotatable bonds is 2. The molecule has 0 atom stereocenters. The Morgan fingerprint density at radius 3 is 1.29 bits per heavy atom. The molecule has 0 unspecified atom stereocenters. The van der Waals surface area contributed by atoms with E-state index in [1.807, 2.05) is 0 Å². The smallest absolute Gasteiger partial charge is 0.00201 e. The minimum absolute atomic E-state index is 1.24. The lowest BCUT2D eigenvalue weighted by molar-refractivity contribution is 1.66. The molecule has 0 N–H and O–H groups in total. The standard InChI is InChI=1S/C42H26/c1-3-14-28(15-4-1)40-33-21-11-12-22-34(33)41(29-16-5-2-6-17-29)39-26-37-36(25-38(39)40)32-20-10-9-19-31(32)35-24-23-27-13-7-8-18-30(27)42(35)37/h1-26H. The van der Waals surface area contributed by atoms with Gasteiger partial charge in [0.15, 0.2) is 0 Å². The van der Waals surface area contributed by atoms with Crippen LogP contribution < -0.4 is 0 Å². The molecule has 0 spiro atoms. The van der Waals surface area contributed by atoms with E-state index in [1.54, 1.807) is 0 Å². The molecule has 0 amide bonds. The average molecular weight is 531 g/mol. The molecule has 9 aromatic carbocycles. The van der Waals surface area contributed by atoms with E-state index in [-0.39, 0.29) is 0 Å². The van der Waals surface area contributed by atoms with Crippen LogP contribution in [0.4, 0.5) is 0 Å². The highest BCUT2D eigenvalue weighted by Gasteiger charge is 2.19. The summed E-state index contributed by atoms with van der Waals surface area (Å²) >= 11 is 0. The van der Waals surface area contributed by atoms with Crippen molar-refractivity contribution in [3.05, 3.63) is 158 Å². The van der Waals surface area contributed by atoms with Gasteiger partial charge >= 0.3 is 0 Å². The van der Waals surface area contributed by atoms with Gasteiger partial charge in [0, 0.05) is 0 Å². The fourth-order valence-corrected chi connectivity index (χ4v) is 7.22. The molecular formula is C42H26. The topological polar surface area (TPSA) is 0 Å². The Labute approximate surface area is 244 Å². The molecule has 0 saturated heterocycles. The Hall–Kier alpha value is -5.46. The zero-order valence-corrected chi connectivity index (χ0v) is 23.0. The van der Waals surface area contributed by atoms with Gasteiger partial charge in [-0.1, -0.05) is 146 Å². The largest absolute Gasteiger partial charge is 0.0622 e. The van der Waals surface area contributed by atoms with Crippen LogP contribution in [-0.2, 0) is 0 Å². The number of hydrogen-bond acceptors (Lipinski definition) is 0. The van der Waals surface area contributed by atoms with Gasteiger partial charge in [-0.15, -0.1) is 0 Å². The Kier molecular flexibility index (Phi) is 5.00. The van der Waals surface area contributed by atoms with Gasteiger partial charge in [-0.05, 0) is 99.0 Å². The summed E-state index contributed by atoms with van der Waals surface area (Å²) in [5.74, 6) is 0. The van der Waals surface area contributed by atoms with E-state index in [1.165, 1.54) is 86.9 Å². The van der Waals surface area contributed by atoms with Crippen LogP contribution in [0.15, 0.2) is 158 Å². The second kappa shape index (κ2) is 9.03. The first kappa shape index (κ1) is 23.3. The van der Waals surface area contributed by atoms with Crippen molar-refractivity contribution in [1.82, 2.24) is 0 Å². The van der Waals surface area contributed by atoms with Crippen LogP contribution >= 0.6 is 0 Å². The summed E-state index contributed by atoms with van der Waals surface area (Å²) in [7, 11) is 0.